The molecule has 1 atom stereocenters. The summed E-state index contributed by atoms with van der Waals surface area (Å²) < 4.78 is 0. The van der Waals surface area contributed by atoms with Crippen molar-refractivity contribution in [2.75, 3.05) is 0 Å². The maximum atomic E-state index is 10.9. The van der Waals surface area contributed by atoms with E-state index < -0.39 is 5.97 Å². The summed E-state index contributed by atoms with van der Waals surface area (Å²) in [4.78, 5) is 10.9. The summed E-state index contributed by atoms with van der Waals surface area (Å²) in [6, 6.07) is 8.21. The number of carboxylic acid groups (broad SMARTS) is 1. The predicted molar refractivity (Wildman–Crippen MR) is 60.9 cm³/mol. The predicted octanol–water partition coefficient (Wildman–Crippen LogP) is 2.90. The van der Waals surface area contributed by atoms with E-state index in [1.54, 1.807) is 0 Å². The smallest absolute Gasteiger partial charge is 0.306 e. The summed E-state index contributed by atoms with van der Waals surface area (Å²) in [6.45, 7) is 4.03. The van der Waals surface area contributed by atoms with Crippen LogP contribution in [0.1, 0.15) is 31.4 Å². The molecule has 0 radical (unpaired) electrons. The fourth-order valence-electron chi connectivity index (χ4n) is 1.60. The third-order valence-corrected chi connectivity index (χ3v) is 2.76. The van der Waals surface area contributed by atoms with Crippen molar-refractivity contribution in [1.82, 2.24) is 0 Å². The number of aryl methyl sites for hydroxylation is 1. The largest absolute Gasteiger partial charge is 0.481 e. The number of hydrogen-bond acceptors (Lipinski definition) is 1. The van der Waals surface area contributed by atoms with Crippen LogP contribution in [0.3, 0.4) is 0 Å². The van der Waals surface area contributed by atoms with Crippen LogP contribution in [0.25, 0.3) is 0 Å². The zero-order valence-electron chi connectivity index (χ0n) is 9.36. The van der Waals surface area contributed by atoms with Crippen LogP contribution in [0.4, 0.5) is 0 Å². The summed E-state index contributed by atoms with van der Waals surface area (Å²) in [6.07, 6.45) is 2.34. The van der Waals surface area contributed by atoms with Gasteiger partial charge in [-0.2, -0.15) is 0 Å². The van der Waals surface area contributed by atoms with Crippen LogP contribution in [-0.2, 0) is 17.6 Å². The second kappa shape index (κ2) is 5.54. The molecule has 0 bridgehead atoms. The average molecular weight is 206 g/mol. The van der Waals surface area contributed by atoms with Gasteiger partial charge in [-0.25, -0.2) is 0 Å². The summed E-state index contributed by atoms with van der Waals surface area (Å²) >= 11 is 0. The van der Waals surface area contributed by atoms with Gasteiger partial charge >= 0.3 is 5.97 Å². The molecule has 0 spiro atoms. The highest BCUT2D eigenvalue weighted by Crippen LogP contribution is 2.13. The van der Waals surface area contributed by atoms with Crippen molar-refractivity contribution in [3.63, 3.8) is 0 Å². The molecule has 2 nitrogen and oxygen atoms in total. The Kier molecular flexibility index (Phi) is 4.35. The van der Waals surface area contributed by atoms with Gasteiger partial charge in [-0.05, 0) is 30.4 Å². The lowest BCUT2D eigenvalue weighted by molar-refractivity contribution is -0.141. The maximum Gasteiger partial charge on any atom is 0.306 e. The minimum atomic E-state index is -0.697. The van der Waals surface area contributed by atoms with Crippen molar-refractivity contribution in [3.8, 4) is 0 Å². The number of benzene rings is 1. The Morgan fingerprint density at radius 1 is 1.20 bits per heavy atom. The monoisotopic (exact) mass is 206 g/mol. The molecule has 0 saturated carbocycles. The lowest BCUT2D eigenvalue weighted by Gasteiger charge is -2.09. The molecule has 0 heterocycles. The minimum Gasteiger partial charge on any atom is -0.481 e. The van der Waals surface area contributed by atoms with Gasteiger partial charge in [0.25, 0.3) is 0 Å². The van der Waals surface area contributed by atoms with Crippen LogP contribution in [0.15, 0.2) is 24.3 Å². The standard InChI is InChI=1S/C13H18O2/c1-3-10-5-7-11(8-6-10)9-12(4-2)13(14)15/h5-8,12H,3-4,9H2,1-2H3,(H,14,15). The molecule has 2 heteroatoms. The van der Waals surface area contributed by atoms with E-state index in [0.717, 1.165) is 12.0 Å². The Balaban J connectivity index is 2.67. The topological polar surface area (TPSA) is 37.3 Å². The molecular weight excluding hydrogens is 188 g/mol. The van der Waals surface area contributed by atoms with E-state index >= 15 is 0 Å². The first-order valence-corrected chi connectivity index (χ1v) is 5.48. The quantitative estimate of drug-likeness (QED) is 0.804. The third kappa shape index (κ3) is 3.39. The maximum absolute atomic E-state index is 10.9. The molecule has 82 valence electrons. The molecule has 0 aromatic heterocycles. The SMILES string of the molecule is CCc1ccc(CC(CC)C(=O)O)cc1. The van der Waals surface area contributed by atoms with Crippen LogP contribution in [0.5, 0.6) is 0 Å². The molecule has 1 aromatic rings. The van der Waals surface area contributed by atoms with E-state index in [0.29, 0.717) is 12.8 Å². The molecule has 0 aliphatic heterocycles. The zero-order valence-corrected chi connectivity index (χ0v) is 9.36. The summed E-state index contributed by atoms with van der Waals surface area (Å²) in [7, 11) is 0. The van der Waals surface area contributed by atoms with Gasteiger partial charge in [-0.15, -0.1) is 0 Å². The Labute approximate surface area is 90.9 Å². The molecule has 0 saturated heterocycles. The number of aliphatic carboxylic acids is 1. The van der Waals surface area contributed by atoms with Gasteiger partial charge in [-0.3, -0.25) is 4.79 Å². The fourth-order valence-corrected chi connectivity index (χ4v) is 1.60. The first kappa shape index (κ1) is 11.8. The van der Waals surface area contributed by atoms with Crippen LogP contribution >= 0.6 is 0 Å². The van der Waals surface area contributed by atoms with Gasteiger partial charge in [-0.1, -0.05) is 38.1 Å². The average Bonchev–Trinajstić information content (AvgIpc) is 2.26. The number of hydrogen-bond donors (Lipinski definition) is 1. The van der Waals surface area contributed by atoms with Gasteiger partial charge in [0.05, 0.1) is 5.92 Å². The highest BCUT2D eigenvalue weighted by atomic mass is 16.4. The van der Waals surface area contributed by atoms with Crippen LogP contribution in [0, 0.1) is 5.92 Å². The Morgan fingerprint density at radius 2 is 1.73 bits per heavy atom. The lowest BCUT2D eigenvalue weighted by Crippen LogP contribution is -2.15. The minimum absolute atomic E-state index is 0.252. The fraction of sp³-hybridized carbons (Fsp3) is 0.462. The van der Waals surface area contributed by atoms with Crippen LogP contribution in [0.2, 0.25) is 0 Å². The van der Waals surface area contributed by atoms with Crippen molar-refractivity contribution in [2.24, 2.45) is 5.92 Å². The van der Waals surface area contributed by atoms with E-state index in [2.05, 4.69) is 19.1 Å². The summed E-state index contributed by atoms with van der Waals surface area (Å²) in [5.74, 6) is -0.949. The summed E-state index contributed by atoms with van der Waals surface area (Å²) in [5.41, 5.74) is 2.41. The van der Waals surface area contributed by atoms with Crippen molar-refractivity contribution in [1.29, 1.82) is 0 Å². The van der Waals surface area contributed by atoms with Gasteiger partial charge in [0.1, 0.15) is 0 Å². The zero-order chi connectivity index (χ0) is 11.3. The van der Waals surface area contributed by atoms with Gasteiger partial charge in [0.15, 0.2) is 0 Å². The van der Waals surface area contributed by atoms with Crippen molar-refractivity contribution < 1.29 is 9.90 Å². The normalized spacial score (nSPS) is 12.4. The second-order valence-corrected chi connectivity index (χ2v) is 3.82. The molecule has 0 aliphatic rings. The molecular formula is C13H18O2. The molecule has 1 N–H and O–H groups in total. The van der Waals surface area contributed by atoms with E-state index in [-0.39, 0.29) is 5.92 Å². The number of carbonyl (C=O) groups is 1. The molecule has 0 fully saturated rings. The molecule has 1 unspecified atom stereocenters. The number of carboxylic acids is 1. The van der Waals surface area contributed by atoms with E-state index in [1.165, 1.54) is 5.56 Å². The van der Waals surface area contributed by atoms with E-state index in [9.17, 15) is 4.79 Å². The summed E-state index contributed by atoms with van der Waals surface area (Å²) in [5, 5.41) is 8.94. The lowest BCUT2D eigenvalue weighted by atomic mass is 9.96. The van der Waals surface area contributed by atoms with Gasteiger partial charge in [0.2, 0.25) is 0 Å². The Bertz CT molecular complexity index is 314. The molecule has 1 rings (SSSR count). The van der Waals surface area contributed by atoms with Crippen LogP contribution in [-0.4, -0.2) is 11.1 Å². The highest BCUT2D eigenvalue weighted by Gasteiger charge is 2.14. The highest BCUT2D eigenvalue weighted by molar-refractivity contribution is 5.70. The van der Waals surface area contributed by atoms with E-state index in [1.807, 2.05) is 19.1 Å². The first-order valence-electron chi connectivity index (χ1n) is 5.48. The Hall–Kier alpha value is -1.31. The molecule has 0 amide bonds. The number of rotatable bonds is 5. The van der Waals surface area contributed by atoms with Crippen molar-refractivity contribution in [3.05, 3.63) is 35.4 Å². The van der Waals surface area contributed by atoms with Gasteiger partial charge < -0.3 is 5.11 Å². The van der Waals surface area contributed by atoms with E-state index in [4.69, 9.17) is 5.11 Å². The Morgan fingerprint density at radius 3 is 2.13 bits per heavy atom. The molecule has 15 heavy (non-hydrogen) atoms. The van der Waals surface area contributed by atoms with Gasteiger partial charge in [0, 0.05) is 0 Å². The first-order chi connectivity index (χ1) is 7.17. The molecule has 1 aromatic carbocycles. The third-order valence-electron chi connectivity index (χ3n) is 2.76. The van der Waals surface area contributed by atoms with Crippen molar-refractivity contribution in [2.45, 2.75) is 33.1 Å². The molecule has 0 aliphatic carbocycles. The second-order valence-electron chi connectivity index (χ2n) is 3.82. The van der Waals surface area contributed by atoms with Crippen molar-refractivity contribution >= 4 is 5.97 Å². The van der Waals surface area contributed by atoms with Crippen LogP contribution < -0.4 is 0 Å².